The van der Waals surface area contributed by atoms with Gasteiger partial charge in [0.1, 0.15) is 0 Å². The molecule has 1 aromatic heterocycles. The van der Waals surface area contributed by atoms with Crippen LogP contribution in [0.1, 0.15) is 60.9 Å². The highest BCUT2D eigenvalue weighted by Gasteiger charge is 2.53. The summed E-state index contributed by atoms with van der Waals surface area (Å²) in [5.41, 5.74) is 10.4. The van der Waals surface area contributed by atoms with Crippen LogP contribution in [0.5, 0.6) is 0 Å². The quantitative estimate of drug-likeness (QED) is 0.811. The number of nitrogen functional groups attached to an aromatic ring is 1. The number of nitrogens with two attached hydrogens (primary N) is 1. The average Bonchev–Trinajstić information content (AvgIpc) is 2.85. The number of hydrogen-bond donors (Lipinski definition) is 1. The number of anilines is 1. The molecule has 1 aromatic rings. The third-order valence-electron chi connectivity index (χ3n) is 6.52. The number of thiophene rings is 1. The Kier molecular flexibility index (Phi) is 2.11. The van der Waals surface area contributed by atoms with Gasteiger partial charge >= 0.3 is 0 Å². The van der Waals surface area contributed by atoms with E-state index in [-0.39, 0.29) is 0 Å². The van der Waals surface area contributed by atoms with Crippen molar-refractivity contribution in [3.63, 3.8) is 0 Å². The summed E-state index contributed by atoms with van der Waals surface area (Å²) in [4.78, 5) is 1.64. The van der Waals surface area contributed by atoms with Gasteiger partial charge in [-0.1, -0.05) is 0 Å². The summed E-state index contributed by atoms with van der Waals surface area (Å²) in [6.45, 7) is 0. The molecule has 19 heavy (non-hydrogen) atoms. The maximum atomic E-state index is 6.49. The summed E-state index contributed by atoms with van der Waals surface area (Å²) in [5.74, 6) is 3.09. The van der Waals surface area contributed by atoms with Crippen LogP contribution in [0.15, 0.2) is 0 Å². The molecule has 0 spiro atoms. The van der Waals surface area contributed by atoms with Gasteiger partial charge in [-0.3, -0.25) is 0 Å². The van der Waals surface area contributed by atoms with E-state index >= 15 is 0 Å². The predicted molar refractivity (Wildman–Crippen MR) is 80.6 cm³/mol. The minimum Gasteiger partial charge on any atom is -0.390 e. The summed E-state index contributed by atoms with van der Waals surface area (Å²) in [6, 6.07) is 0. The van der Waals surface area contributed by atoms with Crippen molar-refractivity contribution >= 4 is 16.3 Å². The molecular formula is C17H23NS. The smallest absolute Gasteiger partial charge is 0.0900 e. The van der Waals surface area contributed by atoms with Gasteiger partial charge in [0, 0.05) is 4.88 Å². The normalized spacial score (nSPS) is 42.8. The molecule has 4 bridgehead atoms. The Bertz CT molecular complexity index is 506. The van der Waals surface area contributed by atoms with Crippen molar-refractivity contribution in [3.8, 4) is 0 Å². The fourth-order valence-corrected chi connectivity index (χ4v) is 7.70. The monoisotopic (exact) mass is 273 g/mol. The van der Waals surface area contributed by atoms with E-state index in [4.69, 9.17) is 5.73 Å². The summed E-state index contributed by atoms with van der Waals surface area (Å²) < 4.78 is 0. The van der Waals surface area contributed by atoms with Crippen molar-refractivity contribution < 1.29 is 0 Å². The molecule has 0 atom stereocenters. The van der Waals surface area contributed by atoms with Gasteiger partial charge in [0.15, 0.2) is 0 Å². The van der Waals surface area contributed by atoms with Crippen LogP contribution < -0.4 is 5.73 Å². The van der Waals surface area contributed by atoms with Gasteiger partial charge < -0.3 is 5.73 Å². The van der Waals surface area contributed by atoms with Gasteiger partial charge in [0.25, 0.3) is 0 Å². The Morgan fingerprint density at radius 1 is 0.947 bits per heavy atom. The maximum absolute atomic E-state index is 6.49. The van der Waals surface area contributed by atoms with Gasteiger partial charge in [0.05, 0.1) is 5.00 Å². The first kappa shape index (κ1) is 11.2. The second kappa shape index (κ2) is 3.58. The van der Waals surface area contributed by atoms with Crippen LogP contribution in [0.25, 0.3) is 0 Å². The molecule has 5 aliphatic carbocycles. The van der Waals surface area contributed by atoms with Crippen molar-refractivity contribution in [2.24, 2.45) is 17.8 Å². The summed E-state index contributed by atoms with van der Waals surface area (Å²) in [7, 11) is 0. The first-order valence-corrected chi connectivity index (χ1v) is 8.96. The molecule has 2 heteroatoms. The molecule has 102 valence electrons. The van der Waals surface area contributed by atoms with Crippen molar-refractivity contribution in [3.05, 3.63) is 16.0 Å². The maximum Gasteiger partial charge on any atom is 0.0900 e. The molecule has 0 amide bonds. The molecule has 0 saturated heterocycles. The molecule has 2 N–H and O–H groups in total. The third-order valence-corrected chi connectivity index (χ3v) is 7.64. The highest BCUT2D eigenvalue weighted by molar-refractivity contribution is 7.16. The molecule has 1 heterocycles. The minimum absolute atomic E-state index is 0.521. The van der Waals surface area contributed by atoms with Gasteiger partial charge in [-0.05, 0) is 92.1 Å². The topological polar surface area (TPSA) is 26.0 Å². The Labute approximate surface area is 119 Å². The van der Waals surface area contributed by atoms with Gasteiger partial charge in [-0.2, -0.15) is 0 Å². The lowest BCUT2D eigenvalue weighted by atomic mass is 9.48. The van der Waals surface area contributed by atoms with E-state index in [0.717, 1.165) is 17.8 Å². The molecule has 0 radical (unpaired) electrons. The van der Waals surface area contributed by atoms with Crippen LogP contribution in [0.2, 0.25) is 0 Å². The van der Waals surface area contributed by atoms with E-state index in [2.05, 4.69) is 0 Å². The molecule has 4 saturated carbocycles. The van der Waals surface area contributed by atoms with Crippen LogP contribution in [-0.4, -0.2) is 0 Å². The SMILES string of the molecule is Nc1sc2c(c1C13CC4CC(CC(C4)C1)C3)CCC2. The number of fused-ring (bicyclic) bond motifs is 1. The standard InChI is InChI=1S/C17H23NS/c18-16-15(13-2-1-3-14(13)19-16)17-7-10-4-11(8-17)6-12(5-10)9-17/h10-12H,1-9,18H2. The highest BCUT2D eigenvalue weighted by atomic mass is 32.1. The zero-order valence-electron chi connectivity index (χ0n) is 11.6. The zero-order chi connectivity index (χ0) is 12.6. The Morgan fingerprint density at radius 3 is 2.21 bits per heavy atom. The molecule has 0 aromatic carbocycles. The van der Waals surface area contributed by atoms with E-state index < -0.39 is 0 Å². The fourth-order valence-electron chi connectivity index (χ4n) is 6.42. The first-order chi connectivity index (χ1) is 9.23. The van der Waals surface area contributed by atoms with Crippen molar-refractivity contribution in [2.75, 3.05) is 5.73 Å². The summed E-state index contributed by atoms with van der Waals surface area (Å²) in [5, 5.41) is 1.20. The lowest BCUT2D eigenvalue weighted by Gasteiger charge is -2.57. The number of aryl methyl sites for hydroxylation is 1. The summed E-state index contributed by atoms with van der Waals surface area (Å²) in [6.07, 6.45) is 13.0. The minimum atomic E-state index is 0.521. The highest BCUT2D eigenvalue weighted by Crippen LogP contribution is 2.63. The van der Waals surface area contributed by atoms with Crippen LogP contribution in [0.4, 0.5) is 5.00 Å². The molecule has 1 nitrogen and oxygen atoms in total. The van der Waals surface area contributed by atoms with Crippen LogP contribution in [0.3, 0.4) is 0 Å². The van der Waals surface area contributed by atoms with E-state index in [0.29, 0.717) is 5.41 Å². The van der Waals surface area contributed by atoms with Crippen LogP contribution in [0, 0.1) is 17.8 Å². The summed E-state index contributed by atoms with van der Waals surface area (Å²) >= 11 is 1.93. The third kappa shape index (κ3) is 1.42. The first-order valence-electron chi connectivity index (χ1n) is 8.14. The van der Waals surface area contributed by atoms with Crippen molar-refractivity contribution in [1.29, 1.82) is 0 Å². The molecular weight excluding hydrogens is 250 g/mol. The van der Waals surface area contributed by atoms with Gasteiger partial charge in [-0.25, -0.2) is 0 Å². The molecule has 6 rings (SSSR count). The van der Waals surface area contributed by atoms with E-state index in [9.17, 15) is 0 Å². The van der Waals surface area contributed by atoms with Gasteiger partial charge in [-0.15, -0.1) is 11.3 Å². The lowest BCUT2D eigenvalue weighted by Crippen LogP contribution is -2.49. The van der Waals surface area contributed by atoms with E-state index in [1.54, 1.807) is 16.0 Å². The molecule has 4 fully saturated rings. The second-order valence-corrected chi connectivity index (χ2v) is 8.93. The largest absolute Gasteiger partial charge is 0.390 e. The van der Waals surface area contributed by atoms with Gasteiger partial charge in [0.2, 0.25) is 0 Å². The number of rotatable bonds is 1. The van der Waals surface area contributed by atoms with Crippen molar-refractivity contribution in [1.82, 2.24) is 0 Å². The second-order valence-electron chi connectivity index (χ2n) is 7.79. The Hall–Kier alpha value is -0.500. The zero-order valence-corrected chi connectivity index (χ0v) is 12.4. The molecule has 0 unspecified atom stereocenters. The average molecular weight is 273 g/mol. The van der Waals surface area contributed by atoms with E-state index in [1.165, 1.54) is 62.8 Å². The van der Waals surface area contributed by atoms with E-state index in [1.807, 2.05) is 11.3 Å². The Morgan fingerprint density at radius 2 is 1.58 bits per heavy atom. The lowest BCUT2D eigenvalue weighted by molar-refractivity contribution is -0.00501. The van der Waals surface area contributed by atoms with Crippen LogP contribution >= 0.6 is 11.3 Å². The Balaban J connectivity index is 1.66. The van der Waals surface area contributed by atoms with Crippen molar-refractivity contribution in [2.45, 2.75) is 63.2 Å². The molecule has 5 aliphatic rings. The fraction of sp³-hybridized carbons (Fsp3) is 0.765. The number of hydrogen-bond acceptors (Lipinski definition) is 2. The predicted octanol–water partition coefficient (Wildman–Crippen LogP) is 4.29. The molecule has 0 aliphatic heterocycles. The van der Waals surface area contributed by atoms with Crippen LogP contribution in [-0.2, 0) is 18.3 Å².